The van der Waals surface area contributed by atoms with E-state index in [2.05, 4.69) is 32.2 Å². The van der Waals surface area contributed by atoms with Crippen molar-refractivity contribution in [3.05, 3.63) is 57.9 Å². The Morgan fingerprint density at radius 1 is 1.10 bits per heavy atom. The molecule has 1 saturated heterocycles. The molecule has 0 saturated carbocycles. The van der Waals surface area contributed by atoms with E-state index in [4.69, 9.17) is 16.7 Å². The largest absolute Gasteiger partial charge is 0.395 e. The molecule has 162 valence electrons. The van der Waals surface area contributed by atoms with Crippen molar-refractivity contribution in [1.29, 1.82) is 0 Å². The fourth-order valence-corrected chi connectivity index (χ4v) is 4.79. The van der Waals surface area contributed by atoms with E-state index in [1.54, 1.807) is 0 Å². The summed E-state index contributed by atoms with van der Waals surface area (Å²) in [5, 5.41) is 12.9. The maximum absolute atomic E-state index is 14.4. The van der Waals surface area contributed by atoms with Crippen molar-refractivity contribution in [3.63, 3.8) is 0 Å². The summed E-state index contributed by atoms with van der Waals surface area (Å²) in [7, 11) is 0. The van der Waals surface area contributed by atoms with Crippen LogP contribution in [0.5, 0.6) is 0 Å². The number of piperazine rings is 1. The summed E-state index contributed by atoms with van der Waals surface area (Å²) in [6.45, 7) is 5.92. The van der Waals surface area contributed by atoms with Crippen LogP contribution >= 0.6 is 11.6 Å². The van der Waals surface area contributed by atoms with Gasteiger partial charge in [-0.2, -0.15) is 0 Å². The SMILES string of the molecule is O=C1NCc2c(Cl)c(F)cc(-c3cc4cc(CN5CCN(CCO)CC5)ccc4[nH]3)c21. The second-order valence-corrected chi connectivity index (χ2v) is 8.58. The molecule has 2 aliphatic heterocycles. The zero-order chi connectivity index (χ0) is 21.5. The van der Waals surface area contributed by atoms with E-state index in [9.17, 15) is 9.18 Å². The van der Waals surface area contributed by atoms with Crippen molar-refractivity contribution in [2.45, 2.75) is 13.1 Å². The highest BCUT2D eigenvalue weighted by molar-refractivity contribution is 6.32. The molecule has 31 heavy (non-hydrogen) atoms. The first kappa shape index (κ1) is 20.5. The van der Waals surface area contributed by atoms with Crippen LogP contribution in [0.1, 0.15) is 21.5 Å². The lowest BCUT2D eigenvalue weighted by atomic mass is 10.00. The number of aromatic amines is 1. The Balaban J connectivity index is 1.41. The fraction of sp³-hybridized carbons (Fsp3) is 0.348. The van der Waals surface area contributed by atoms with E-state index < -0.39 is 5.82 Å². The van der Waals surface area contributed by atoms with E-state index in [0.29, 0.717) is 22.4 Å². The molecular weight excluding hydrogens is 419 g/mol. The zero-order valence-corrected chi connectivity index (χ0v) is 17.8. The number of hydrogen-bond acceptors (Lipinski definition) is 4. The molecule has 8 heteroatoms. The number of fused-ring (bicyclic) bond motifs is 2. The van der Waals surface area contributed by atoms with Crippen LogP contribution in [0, 0.1) is 5.82 Å². The molecule has 2 aromatic carbocycles. The molecule has 0 bridgehead atoms. The first-order chi connectivity index (χ1) is 15.0. The molecule has 0 unspecified atom stereocenters. The van der Waals surface area contributed by atoms with Gasteiger partial charge in [0, 0.05) is 73.5 Å². The Labute approximate surface area is 184 Å². The molecule has 6 nitrogen and oxygen atoms in total. The summed E-state index contributed by atoms with van der Waals surface area (Å²) >= 11 is 6.08. The van der Waals surface area contributed by atoms with Crippen LogP contribution in [0.3, 0.4) is 0 Å². The van der Waals surface area contributed by atoms with Gasteiger partial charge in [-0.25, -0.2) is 4.39 Å². The van der Waals surface area contributed by atoms with E-state index in [-0.39, 0.29) is 24.1 Å². The number of aliphatic hydroxyl groups is 1. The Morgan fingerprint density at radius 2 is 1.87 bits per heavy atom. The van der Waals surface area contributed by atoms with Gasteiger partial charge in [0.05, 0.1) is 17.2 Å². The number of aliphatic hydroxyl groups excluding tert-OH is 1. The topological polar surface area (TPSA) is 71.6 Å². The van der Waals surface area contributed by atoms with Gasteiger partial charge in [0.25, 0.3) is 5.91 Å². The average Bonchev–Trinajstić information content (AvgIpc) is 3.36. The highest BCUT2D eigenvalue weighted by Crippen LogP contribution is 2.36. The van der Waals surface area contributed by atoms with Crippen LogP contribution in [-0.2, 0) is 13.1 Å². The van der Waals surface area contributed by atoms with Gasteiger partial charge in [-0.05, 0) is 29.8 Å². The second-order valence-electron chi connectivity index (χ2n) is 8.20. The summed E-state index contributed by atoms with van der Waals surface area (Å²) in [4.78, 5) is 20.4. The number of nitrogens with zero attached hydrogens (tertiary/aromatic N) is 2. The lowest BCUT2D eigenvalue weighted by Crippen LogP contribution is -2.46. The highest BCUT2D eigenvalue weighted by atomic mass is 35.5. The van der Waals surface area contributed by atoms with E-state index in [1.807, 2.05) is 12.1 Å². The van der Waals surface area contributed by atoms with Gasteiger partial charge in [-0.15, -0.1) is 0 Å². The number of carbonyl (C=O) groups excluding carboxylic acids is 1. The predicted octanol–water partition coefficient (Wildman–Crippen LogP) is 2.98. The third-order valence-corrected chi connectivity index (χ3v) is 6.64. The number of halogens is 2. The number of amides is 1. The molecule has 5 rings (SSSR count). The molecule has 3 aromatic rings. The molecule has 1 amide bonds. The number of hydrogen-bond donors (Lipinski definition) is 3. The van der Waals surface area contributed by atoms with Gasteiger partial charge < -0.3 is 15.4 Å². The number of β-amino-alcohol motifs (C(OH)–C–C–N with tert-alkyl or cyclic N) is 1. The molecule has 2 aliphatic rings. The van der Waals surface area contributed by atoms with E-state index in [0.717, 1.165) is 50.2 Å². The summed E-state index contributed by atoms with van der Waals surface area (Å²) < 4.78 is 14.4. The average molecular weight is 443 g/mol. The quantitative estimate of drug-likeness (QED) is 0.568. The molecule has 1 fully saturated rings. The number of rotatable bonds is 5. The molecule has 3 heterocycles. The maximum Gasteiger partial charge on any atom is 0.252 e. The Kier molecular flexibility index (Phi) is 5.44. The minimum Gasteiger partial charge on any atom is -0.395 e. The minimum atomic E-state index is -0.522. The minimum absolute atomic E-state index is 0.00887. The number of nitrogens with one attached hydrogen (secondary N) is 2. The van der Waals surface area contributed by atoms with Crippen molar-refractivity contribution in [2.75, 3.05) is 39.3 Å². The molecule has 0 atom stereocenters. The lowest BCUT2D eigenvalue weighted by molar-refractivity contribution is 0.0966. The third kappa shape index (κ3) is 3.83. The van der Waals surface area contributed by atoms with Crippen molar-refractivity contribution >= 4 is 28.4 Å². The predicted molar refractivity (Wildman–Crippen MR) is 119 cm³/mol. The van der Waals surface area contributed by atoms with Gasteiger partial charge >= 0.3 is 0 Å². The molecular formula is C23H24ClFN4O2. The molecule has 0 radical (unpaired) electrons. The Hall–Kier alpha value is -2.45. The second kappa shape index (κ2) is 8.24. The van der Waals surface area contributed by atoms with Gasteiger partial charge in [0.15, 0.2) is 0 Å². The first-order valence-corrected chi connectivity index (χ1v) is 10.9. The monoisotopic (exact) mass is 442 g/mol. The summed E-state index contributed by atoms with van der Waals surface area (Å²) in [5.74, 6) is -0.752. The molecule has 1 aromatic heterocycles. The van der Waals surface area contributed by atoms with Crippen LogP contribution in [0.2, 0.25) is 5.02 Å². The van der Waals surface area contributed by atoms with Crippen molar-refractivity contribution in [1.82, 2.24) is 20.1 Å². The fourth-order valence-electron chi connectivity index (χ4n) is 4.57. The molecule has 3 N–H and O–H groups in total. The van der Waals surface area contributed by atoms with Crippen LogP contribution in [-0.4, -0.2) is 65.1 Å². The molecule has 0 aliphatic carbocycles. The smallest absolute Gasteiger partial charge is 0.252 e. The third-order valence-electron chi connectivity index (χ3n) is 6.23. The van der Waals surface area contributed by atoms with E-state index in [1.165, 1.54) is 11.6 Å². The van der Waals surface area contributed by atoms with E-state index >= 15 is 0 Å². The standard InChI is InChI=1S/C23H24ClFN4O2/c24-22-17-12-26-23(31)21(17)16(11-18(22)25)20-10-15-9-14(1-2-19(15)27-20)13-29-5-3-28(4-6-29)7-8-30/h1-2,9-11,27,30H,3-8,12-13H2,(H,26,31). The Bertz CT molecular complexity index is 1150. The number of H-pyrrole nitrogens is 1. The lowest BCUT2D eigenvalue weighted by Gasteiger charge is -2.34. The maximum atomic E-state index is 14.4. The highest BCUT2D eigenvalue weighted by Gasteiger charge is 2.28. The van der Waals surface area contributed by atoms with Crippen LogP contribution in [0.15, 0.2) is 30.3 Å². The van der Waals surface area contributed by atoms with Crippen molar-refractivity contribution in [3.8, 4) is 11.3 Å². The van der Waals surface area contributed by atoms with Crippen LogP contribution in [0.25, 0.3) is 22.2 Å². The first-order valence-electron chi connectivity index (χ1n) is 10.5. The van der Waals surface area contributed by atoms with Crippen molar-refractivity contribution < 1.29 is 14.3 Å². The zero-order valence-electron chi connectivity index (χ0n) is 17.0. The van der Waals surface area contributed by atoms with Gasteiger partial charge in [-0.3, -0.25) is 14.6 Å². The Morgan fingerprint density at radius 3 is 2.65 bits per heavy atom. The summed E-state index contributed by atoms with van der Waals surface area (Å²) in [5.41, 5.74) is 4.34. The number of carbonyl (C=O) groups is 1. The van der Waals surface area contributed by atoms with Crippen molar-refractivity contribution in [2.24, 2.45) is 0 Å². The normalized spacial score (nSPS) is 17.3. The van der Waals surface area contributed by atoms with Crippen LogP contribution in [0.4, 0.5) is 4.39 Å². The number of benzene rings is 2. The van der Waals surface area contributed by atoms with Gasteiger partial charge in [0.2, 0.25) is 0 Å². The summed E-state index contributed by atoms with van der Waals surface area (Å²) in [6.07, 6.45) is 0. The molecule has 0 spiro atoms. The number of aromatic nitrogens is 1. The van der Waals surface area contributed by atoms with Crippen LogP contribution < -0.4 is 5.32 Å². The van der Waals surface area contributed by atoms with Gasteiger partial charge in [0.1, 0.15) is 5.82 Å². The van der Waals surface area contributed by atoms with Gasteiger partial charge in [-0.1, -0.05) is 17.7 Å². The summed E-state index contributed by atoms with van der Waals surface area (Å²) in [6, 6.07) is 9.57.